The Hall–Kier alpha value is -3.19. The second kappa shape index (κ2) is 5.90. The van der Waals surface area contributed by atoms with Gasteiger partial charge in [0.05, 0.1) is 33.1 Å². The summed E-state index contributed by atoms with van der Waals surface area (Å²) in [5.41, 5.74) is 3.61. The summed E-state index contributed by atoms with van der Waals surface area (Å²) in [5, 5.41) is 15.8. The molecule has 0 aliphatic carbocycles. The first-order valence-electron chi connectivity index (χ1n) is 8.96. The Kier molecular flexibility index (Phi) is 3.57. The van der Waals surface area contributed by atoms with E-state index in [-0.39, 0.29) is 16.4 Å². The van der Waals surface area contributed by atoms with E-state index in [2.05, 4.69) is 5.10 Å². The maximum atomic E-state index is 12.8. The number of sulfone groups is 1. The van der Waals surface area contributed by atoms with Gasteiger partial charge in [-0.1, -0.05) is 36.4 Å². The number of hydrogen-bond acceptors (Lipinski definition) is 5. The van der Waals surface area contributed by atoms with Crippen LogP contribution in [0.4, 0.5) is 0 Å². The molecule has 140 valence electrons. The van der Waals surface area contributed by atoms with Crippen LogP contribution in [0, 0.1) is 6.92 Å². The maximum Gasteiger partial charge on any atom is 0.181 e. The van der Waals surface area contributed by atoms with Gasteiger partial charge in [-0.3, -0.25) is 0 Å². The minimum Gasteiger partial charge on any atom is -0.507 e. The lowest BCUT2D eigenvalue weighted by Crippen LogP contribution is -2.03. The number of benzene rings is 2. The van der Waals surface area contributed by atoms with Gasteiger partial charge in [-0.05, 0) is 25.1 Å². The van der Waals surface area contributed by atoms with E-state index in [9.17, 15) is 13.5 Å². The van der Waals surface area contributed by atoms with Crippen LogP contribution in [0.5, 0.6) is 5.75 Å². The predicted octanol–water partition coefficient (Wildman–Crippen LogP) is 3.43. The van der Waals surface area contributed by atoms with Crippen LogP contribution in [-0.4, -0.2) is 34.0 Å². The molecule has 0 saturated heterocycles. The van der Waals surface area contributed by atoms with Gasteiger partial charge >= 0.3 is 0 Å². The third-order valence-corrected chi connectivity index (χ3v) is 6.91. The summed E-state index contributed by atoms with van der Waals surface area (Å²) in [5.74, 6) is 0.0616. The van der Waals surface area contributed by atoms with Crippen molar-refractivity contribution in [3.8, 4) is 22.6 Å². The van der Waals surface area contributed by atoms with Crippen molar-refractivity contribution in [3.05, 3.63) is 66.0 Å². The molecule has 1 N–H and O–H groups in total. The molecule has 0 spiro atoms. The first-order chi connectivity index (χ1) is 13.5. The Morgan fingerprint density at radius 1 is 1.04 bits per heavy atom. The lowest BCUT2D eigenvalue weighted by molar-refractivity contribution is 0.477. The standard InChI is InChI=1S/C21H17N3O3S/c1-13-18-19(15-9-5-6-10-17(15)25)20-16(11-12-28(20,26)27)22-21(18)24(23-13)14-7-3-2-4-8-14/h2-10,25H,11-12H2,1H3. The molecular formula is C21H17N3O3S. The second-order valence-electron chi connectivity index (χ2n) is 6.88. The average Bonchev–Trinajstić information content (AvgIpc) is 3.18. The van der Waals surface area contributed by atoms with E-state index >= 15 is 0 Å². The molecule has 4 aromatic rings. The minimum atomic E-state index is -3.48. The number of nitrogens with zero attached hydrogens (tertiary/aromatic N) is 3. The first kappa shape index (κ1) is 16.9. The van der Waals surface area contributed by atoms with Crippen molar-refractivity contribution in [2.24, 2.45) is 0 Å². The Morgan fingerprint density at radius 2 is 1.75 bits per heavy atom. The lowest BCUT2D eigenvalue weighted by atomic mass is 9.99. The fourth-order valence-corrected chi connectivity index (χ4v) is 5.57. The fourth-order valence-electron chi connectivity index (χ4n) is 3.88. The van der Waals surface area contributed by atoms with Gasteiger partial charge in [-0.15, -0.1) is 0 Å². The molecule has 0 bridgehead atoms. The van der Waals surface area contributed by atoms with Crippen molar-refractivity contribution in [1.29, 1.82) is 0 Å². The van der Waals surface area contributed by atoms with Crippen LogP contribution in [0.2, 0.25) is 0 Å². The van der Waals surface area contributed by atoms with Crippen molar-refractivity contribution < 1.29 is 13.5 Å². The molecular weight excluding hydrogens is 374 g/mol. The van der Waals surface area contributed by atoms with Crippen molar-refractivity contribution in [2.45, 2.75) is 18.2 Å². The zero-order chi connectivity index (χ0) is 19.5. The number of aryl methyl sites for hydroxylation is 2. The summed E-state index contributed by atoms with van der Waals surface area (Å²) in [7, 11) is -3.48. The van der Waals surface area contributed by atoms with Gasteiger partial charge in [0.1, 0.15) is 5.75 Å². The molecule has 7 heteroatoms. The third-order valence-electron chi connectivity index (χ3n) is 5.11. The first-order valence-corrected chi connectivity index (χ1v) is 10.6. The maximum absolute atomic E-state index is 12.8. The minimum absolute atomic E-state index is 0.0281. The molecule has 0 atom stereocenters. The molecule has 1 aliphatic rings. The highest BCUT2D eigenvalue weighted by molar-refractivity contribution is 7.91. The fraction of sp³-hybridized carbons (Fsp3) is 0.143. The number of hydrogen-bond donors (Lipinski definition) is 1. The van der Waals surface area contributed by atoms with Gasteiger partial charge in [-0.2, -0.15) is 5.10 Å². The molecule has 2 aromatic carbocycles. The van der Waals surface area contributed by atoms with Crippen molar-refractivity contribution in [1.82, 2.24) is 14.8 Å². The van der Waals surface area contributed by atoms with Crippen molar-refractivity contribution in [2.75, 3.05) is 5.75 Å². The summed E-state index contributed by atoms with van der Waals surface area (Å²) in [4.78, 5) is 4.92. The zero-order valence-corrected chi connectivity index (χ0v) is 15.9. The van der Waals surface area contributed by atoms with E-state index in [1.54, 1.807) is 28.9 Å². The Bertz CT molecular complexity index is 1340. The van der Waals surface area contributed by atoms with Gasteiger partial charge in [-0.25, -0.2) is 18.1 Å². The third kappa shape index (κ3) is 2.36. The summed E-state index contributed by atoms with van der Waals surface area (Å²) in [6.45, 7) is 1.83. The van der Waals surface area contributed by atoms with Crippen LogP contribution >= 0.6 is 0 Å². The van der Waals surface area contributed by atoms with E-state index in [1.165, 1.54) is 0 Å². The normalized spacial score (nSPS) is 15.0. The van der Waals surface area contributed by atoms with Gasteiger partial charge in [0.15, 0.2) is 15.5 Å². The van der Waals surface area contributed by atoms with Crippen LogP contribution < -0.4 is 0 Å². The van der Waals surface area contributed by atoms with Gasteiger partial charge in [0.25, 0.3) is 0 Å². The lowest BCUT2D eigenvalue weighted by Gasteiger charge is -2.12. The van der Waals surface area contributed by atoms with E-state index in [4.69, 9.17) is 4.98 Å². The van der Waals surface area contributed by atoms with Crippen LogP contribution in [0.3, 0.4) is 0 Å². The number of phenolic OH excluding ortho intramolecular Hbond substituents is 1. The van der Waals surface area contributed by atoms with Gasteiger partial charge in [0.2, 0.25) is 0 Å². The molecule has 28 heavy (non-hydrogen) atoms. The van der Waals surface area contributed by atoms with E-state index in [0.29, 0.717) is 40.0 Å². The monoisotopic (exact) mass is 391 g/mol. The van der Waals surface area contributed by atoms with E-state index in [1.807, 2.05) is 37.3 Å². The SMILES string of the molecule is Cc1nn(-c2ccccc2)c2nc3c(c(-c4ccccc4O)c12)S(=O)(=O)CC3. The van der Waals surface area contributed by atoms with Gasteiger partial charge in [0, 0.05) is 17.5 Å². The molecule has 0 fully saturated rings. The summed E-state index contributed by atoms with van der Waals surface area (Å²) in [6.07, 6.45) is 0.354. The van der Waals surface area contributed by atoms with Gasteiger partial charge < -0.3 is 5.11 Å². The zero-order valence-electron chi connectivity index (χ0n) is 15.1. The smallest absolute Gasteiger partial charge is 0.181 e. The molecule has 0 radical (unpaired) electrons. The summed E-state index contributed by atoms with van der Waals surface area (Å²) in [6, 6.07) is 16.4. The quantitative estimate of drug-likeness (QED) is 0.566. The molecule has 0 saturated carbocycles. The molecule has 1 aliphatic heterocycles. The molecule has 2 aromatic heterocycles. The highest BCUT2D eigenvalue weighted by atomic mass is 32.2. The molecule has 5 rings (SSSR count). The number of aromatic hydroxyl groups is 1. The molecule has 3 heterocycles. The highest BCUT2D eigenvalue weighted by Crippen LogP contribution is 2.44. The number of aromatic nitrogens is 3. The summed E-state index contributed by atoms with van der Waals surface area (Å²) < 4.78 is 27.4. The number of phenols is 1. The number of pyridine rings is 1. The topological polar surface area (TPSA) is 85.1 Å². The Morgan fingerprint density at radius 3 is 2.50 bits per heavy atom. The molecule has 0 unspecified atom stereocenters. The van der Waals surface area contributed by atoms with Crippen LogP contribution in [0.15, 0.2) is 59.5 Å². The largest absolute Gasteiger partial charge is 0.507 e. The summed E-state index contributed by atoms with van der Waals surface area (Å²) >= 11 is 0. The van der Waals surface area contributed by atoms with Crippen LogP contribution in [0.25, 0.3) is 27.8 Å². The second-order valence-corrected chi connectivity index (χ2v) is 8.93. The number of fused-ring (bicyclic) bond motifs is 2. The number of para-hydroxylation sites is 2. The van der Waals surface area contributed by atoms with Crippen LogP contribution in [-0.2, 0) is 16.3 Å². The number of rotatable bonds is 2. The predicted molar refractivity (Wildman–Crippen MR) is 106 cm³/mol. The van der Waals surface area contributed by atoms with Crippen molar-refractivity contribution in [3.63, 3.8) is 0 Å². The Balaban J connectivity index is 1.97. The average molecular weight is 391 g/mol. The molecule has 6 nitrogen and oxygen atoms in total. The Labute approximate surface area is 162 Å². The van der Waals surface area contributed by atoms with Crippen molar-refractivity contribution >= 4 is 20.9 Å². The molecule has 0 amide bonds. The highest BCUT2D eigenvalue weighted by Gasteiger charge is 2.35. The van der Waals surface area contributed by atoms with Crippen LogP contribution in [0.1, 0.15) is 11.4 Å². The van der Waals surface area contributed by atoms with E-state index in [0.717, 1.165) is 5.69 Å². The van der Waals surface area contributed by atoms with E-state index < -0.39 is 9.84 Å².